The summed E-state index contributed by atoms with van der Waals surface area (Å²) in [7, 11) is 0. The second-order valence-electron chi connectivity index (χ2n) is 3.76. The van der Waals surface area contributed by atoms with Crippen LogP contribution in [0.4, 0.5) is 0 Å². The first kappa shape index (κ1) is 9.20. The maximum absolute atomic E-state index is 8.94. The molecule has 2 aromatic rings. The Hall–Kier alpha value is -1.05. The van der Waals surface area contributed by atoms with E-state index in [1.807, 2.05) is 0 Å². The Morgan fingerprint density at radius 1 is 1.53 bits per heavy atom. The van der Waals surface area contributed by atoms with Gasteiger partial charge in [-0.3, -0.25) is 0 Å². The van der Waals surface area contributed by atoms with Crippen LogP contribution in [0.1, 0.15) is 35.6 Å². The summed E-state index contributed by atoms with van der Waals surface area (Å²) in [5, 5.41) is 22.1. The third-order valence-electron chi connectivity index (χ3n) is 2.49. The summed E-state index contributed by atoms with van der Waals surface area (Å²) in [6, 6.07) is -0.413. The molecule has 0 saturated heterocycles. The van der Waals surface area contributed by atoms with Gasteiger partial charge in [0.2, 0.25) is 4.96 Å². The largest absolute Gasteiger partial charge is 0.394 e. The molecule has 2 aromatic heterocycles. The first-order valence-electron chi connectivity index (χ1n) is 4.88. The number of nitrogens with two attached hydrogens (primary N) is 1. The number of fused-ring (bicyclic) bond motifs is 1. The van der Waals surface area contributed by atoms with Crippen molar-refractivity contribution >= 4 is 16.3 Å². The molecule has 0 radical (unpaired) electrons. The molecule has 7 heteroatoms. The summed E-state index contributed by atoms with van der Waals surface area (Å²) >= 11 is 1.39. The molecule has 6 nitrogen and oxygen atoms in total. The molecule has 3 N–H and O–H groups in total. The van der Waals surface area contributed by atoms with Crippen LogP contribution >= 0.6 is 11.3 Å². The molecule has 0 bridgehead atoms. The van der Waals surface area contributed by atoms with E-state index in [-0.39, 0.29) is 6.61 Å². The summed E-state index contributed by atoms with van der Waals surface area (Å²) in [4.78, 5) is 0.760. The SMILES string of the molecule is NC(CO)c1nn2c(C3CC3)nnc2s1. The van der Waals surface area contributed by atoms with Crippen LogP contribution in [-0.2, 0) is 0 Å². The lowest BCUT2D eigenvalue weighted by Crippen LogP contribution is -2.14. The van der Waals surface area contributed by atoms with Crippen molar-refractivity contribution in [2.75, 3.05) is 6.61 Å². The quantitative estimate of drug-likeness (QED) is 0.770. The zero-order valence-electron chi connectivity index (χ0n) is 8.00. The van der Waals surface area contributed by atoms with Gasteiger partial charge in [-0.2, -0.15) is 9.61 Å². The topological polar surface area (TPSA) is 89.3 Å². The van der Waals surface area contributed by atoms with Gasteiger partial charge in [0.25, 0.3) is 0 Å². The molecule has 15 heavy (non-hydrogen) atoms. The van der Waals surface area contributed by atoms with Crippen molar-refractivity contribution in [3.05, 3.63) is 10.8 Å². The Morgan fingerprint density at radius 2 is 2.33 bits per heavy atom. The van der Waals surface area contributed by atoms with Crippen LogP contribution in [0.5, 0.6) is 0 Å². The van der Waals surface area contributed by atoms with Crippen molar-refractivity contribution in [2.24, 2.45) is 5.73 Å². The zero-order valence-corrected chi connectivity index (χ0v) is 8.81. The van der Waals surface area contributed by atoms with Crippen LogP contribution in [0.3, 0.4) is 0 Å². The van der Waals surface area contributed by atoms with E-state index in [9.17, 15) is 0 Å². The second-order valence-corrected chi connectivity index (χ2v) is 4.74. The molecule has 3 rings (SSSR count). The predicted octanol–water partition coefficient (Wildman–Crippen LogP) is 0.0553. The maximum atomic E-state index is 8.94. The van der Waals surface area contributed by atoms with Gasteiger partial charge in [-0.1, -0.05) is 11.3 Å². The Balaban J connectivity index is 2.06. The summed E-state index contributed by atoms with van der Waals surface area (Å²) in [5.74, 6) is 1.44. The van der Waals surface area contributed by atoms with Crippen LogP contribution in [0.15, 0.2) is 0 Å². The normalized spacial score (nSPS) is 18.5. The fourth-order valence-electron chi connectivity index (χ4n) is 1.47. The molecule has 1 aliphatic rings. The number of hydrogen-bond donors (Lipinski definition) is 2. The molecule has 1 saturated carbocycles. The minimum Gasteiger partial charge on any atom is -0.394 e. The first-order valence-corrected chi connectivity index (χ1v) is 5.69. The molecule has 1 aliphatic carbocycles. The second kappa shape index (κ2) is 3.22. The highest BCUT2D eigenvalue weighted by molar-refractivity contribution is 7.16. The monoisotopic (exact) mass is 225 g/mol. The zero-order chi connectivity index (χ0) is 10.4. The predicted molar refractivity (Wildman–Crippen MR) is 54.6 cm³/mol. The molecular weight excluding hydrogens is 214 g/mol. The number of aromatic nitrogens is 4. The first-order chi connectivity index (χ1) is 7.29. The molecule has 2 heterocycles. The van der Waals surface area contributed by atoms with Gasteiger partial charge in [-0.15, -0.1) is 10.2 Å². The number of rotatable bonds is 3. The van der Waals surface area contributed by atoms with Crippen LogP contribution in [0, 0.1) is 0 Å². The van der Waals surface area contributed by atoms with Crippen molar-refractivity contribution in [2.45, 2.75) is 24.8 Å². The van der Waals surface area contributed by atoms with E-state index in [2.05, 4.69) is 15.3 Å². The van der Waals surface area contributed by atoms with Gasteiger partial charge in [0.1, 0.15) is 5.01 Å². The van der Waals surface area contributed by atoms with Crippen molar-refractivity contribution in [3.63, 3.8) is 0 Å². The number of hydrogen-bond acceptors (Lipinski definition) is 6. The minimum atomic E-state index is -0.413. The van der Waals surface area contributed by atoms with Gasteiger partial charge in [0.15, 0.2) is 5.82 Å². The van der Waals surface area contributed by atoms with Crippen molar-refractivity contribution < 1.29 is 5.11 Å². The van der Waals surface area contributed by atoms with Crippen LogP contribution < -0.4 is 5.73 Å². The highest BCUT2D eigenvalue weighted by atomic mass is 32.1. The molecule has 80 valence electrons. The number of aliphatic hydroxyl groups is 1. The number of aliphatic hydroxyl groups excluding tert-OH is 1. The highest BCUT2D eigenvalue weighted by Gasteiger charge is 2.30. The van der Waals surface area contributed by atoms with E-state index >= 15 is 0 Å². The van der Waals surface area contributed by atoms with Crippen molar-refractivity contribution in [1.29, 1.82) is 0 Å². The van der Waals surface area contributed by atoms with Gasteiger partial charge in [-0.05, 0) is 12.8 Å². The van der Waals surface area contributed by atoms with Crippen LogP contribution in [0.2, 0.25) is 0 Å². The standard InChI is InChI=1S/C8H11N5OS/c9-5(3-14)7-12-13-6(4-1-2-4)10-11-8(13)15-7/h4-5,14H,1-3,9H2. The lowest BCUT2D eigenvalue weighted by molar-refractivity contribution is 0.267. The third-order valence-corrected chi connectivity index (χ3v) is 3.52. The number of nitrogens with zero attached hydrogens (tertiary/aromatic N) is 4. The van der Waals surface area contributed by atoms with Crippen LogP contribution in [-0.4, -0.2) is 31.5 Å². The van der Waals surface area contributed by atoms with Crippen molar-refractivity contribution in [3.8, 4) is 0 Å². The summed E-state index contributed by atoms with van der Waals surface area (Å²) in [6.45, 7) is -0.0944. The molecule has 0 spiro atoms. The van der Waals surface area contributed by atoms with Gasteiger partial charge >= 0.3 is 0 Å². The summed E-state index contributed by atoms with van der Waals surface area (Å²) < 4.78 is 1.76. The minimum absolute atomic E-state index is 0.0944. The molecule has 1 fully saturated rings. The molecular formula is C8H11N5OS. The van der Waals surface area contributed by atoms with Crippen molar-refractivity contribution in [1.82, 2.24) is 19.8 Å². The highest BCUT2D eigenvalue weighted by Crippen LogP contribution is 2.39. The van der Waals surface area contributed by atoms with Crippen LogP contribution in [0.25, 0.3) is 4.96 Å². The molecule has 0 aromatic carbocycles. The van der Waals surface area contributed by atoms with E-state index in [1.165, 1.54) is 24.2 Å². The summed E-state index contributed by atoms with van der Waals surface area (Å²) in [5.41, 5.74) is 5.70. The van der Waals surface area contributed by atoms with Gasteiger partial charge in [0, 0.05) is 5.92 Å². The Morgan fingerprint density at radius 3 is 3.00 bits per heavy atom. The maximum Gasteiger partial charge on any atom is 0.234 e. The molecule has 1 atom stereocenters. The smallest absolute Gasteiger partial charge is 0.234 e. The van der Waals surface area contributed by atoms with Gasteiger partial charge in [0.05, 0.1) is 12.6 Å². The average molecular weight is 225 g/mol. The average Bonchev–Trinajstić information content (AvgIpc) is 2.87. The van der Waals surface area contributed by atoms with E-state index in [0.717, 1.165) is 10.8 Å². The Kier molecular flexibility index (Phi) is 1.98. The van der Waals surface area contributed by atoms with Gasteiger partial charge in [-0.25, -0.2) is 0 Å². The lowest BCUT2D eigenvalue weighted by Gasteiger charge is -2.00. The third kappa shape index (κ3) is 1.43. The van der Waals surface area contributed by atoms with Gasteiger partial charge < -0.3 is 10.8 Å². The van der Waals surface area contributed by atoms with E-state index in [0.29, 0.717) is 10.9 Å². The lowest BCUT2D eigenvalue weighted by atomic mass is 10.4. The Bertz CT molecular complexity index is 488. The molecule has 0 aliphatic heterocycles. The summed E-state index contributed by atoms with van der Waals surface area (Å²) in [6.07, 6.45) is 2.33. The fraction of sp³-hybridized carbons (Fsp3) is 0.625. The van der Waals surface area contributed by atoms with E-state index < -0.39 is 6.04 Å². The molecule has 1 unspecified atom stereocenters. The molecule has 0 amide bonds. The van der Waals surface area contributed by atoms with E-state index in [4.69, 9.17) is 10.8 Å². The fourth-order valence-corrected chi connectivity index (χ4v) is 2.31. The Labute approximate surface area is 89.7 Å². The van der Waals surface area contributed by atoms with E-state index in [1.54, 1.807) is 4.52 Å².